The molecule has 3 atom stereocenters. The van der Waals surface area contributed by atoms with Crippen LogP contribution in [-0.2, 0) is 0 Å². The highest BCUT2D eigenvalue weighted by atomic mass is 32.2. The molecule has 0 amide bonds. The van der Waals surface area contributed by atoms with Gasteiger partial charge in [0.25, 0.3) is 0 Å². The third kappa shape index (κ3) is 4.02. The molecule has 0 aliphatic heterocycles. The molecule has 0 aromatic carbocycles. The van der Waals surface area contributed by atoms with E-state index in [1.165, 1.54) is 22.5 Å². The predicted octanol–water partition coefficient (Wildman–Crippen LogP) is 8.86. The van der Waals surface area contributed by atoms with Crippen molar-refractivity contribution in [2.45, 2.75) is 97.6 Å². The largest absolute Gasteiger partial charge is 0.137 e. The van der Waals surface area contributed by atoms with E-state index in [1.54, 1.807) is 5.20 Å². The first-order chi connectivity index (χ1) is 13.3. The van der Waals surface area contributed by atoms with Crippen molar-refractivity contribution in [3.63, 3.8) is 0 Å². The van der Waals surface area contributed by atoms with Crippen LogP contribution in [0.2, 0.25) is 36.3 Å². The lowest BCUT2D eigenvalue weighted by molar-refractivity contribution is 0.431. The van der Waals surface area contributed by atoms with Crippen molar-refractivity contribution in [3.05, 3.63) is 34.4 Å². The zero-order valence-electron chi connectivity index (χ0n) is 21.9. The summed E-state index contributed by atoms with van der Waals surface area (Å²) >= 11 is 1.93. The Labute approximate surface area is 194 Å². The third-order valence-corrected chi connectivity index (χ3v) is 20.3. The van der Waals surface area contributed by atoms with Crippen molar-refractivity contribution in [1.29, 1.82) is 0 Å². The third-order valence-electron chi connectivity index (χ3n) is 9.01. The fraction of sp³-hybridized carbons (Fsp3) is 0.704. The summed E-state index contributed by atoms with van der Waals surface area (Å²) in [6, 6.07) is 0. The Bertz CT molecular complexity index is 833. The second-order valence-electron chi connectivity index (χ2n) is 12.9. The highest BCUT2D eigenvalue weighted by Crippen LogP contribution is 2.66. The number of hydrogen-bond donors (Lipinski definition) is 0. The molecule has 1 saturated carbocycles. The second-order valence-corrected chi connectivity index (χ2v) is 24.0. The summed E-state index contributed by atoms with van der Waals surface area (Å²) in [5.41, 5.74) is 6.50. The minimum atomic E-state index is -1.69. The van der Waals surface area contributed by atoms with Crippen molar-refractivity contribution in [3.8, 4) is 11.5 Å². The molecule has 0 heterocycles. The molecule has 2 aliphatic carbocycles. The van der Waals surface area contributed by atoms with Crippen LogP contribution in [0.25, 0.3) is 0 Å². The molecule has 0 N–H and O–H groups in total. The first-order valence-electron chi connectivity index (χ1n) is 11.5. The quantitative estimate of drug-likeness (QED) is 0.231. The number of fused-ring (bicyclic) bond motifs is 1. The van der Waals surface area contributed by atoms with E-state index in [0.717, 1.165) is 6.42 Å². The normalized spacial score (nSPS) is 27.8. The van der Waals surface area contributed by atoms with Gasteiger partial charge in [-0.2, -0.15) is 0 Å². The van der Waals surface area contributed by atoms with Gasteiger partial charge in [0.05, 0.1) is 13.5 Å². The number of rotatable bonds is 3. The molecule has 0 aromatic heterocycles. The van der Waals surface area contributed by atoms with Gasteiger partial charge in [-0.1, -0.05) is 97.6 Å². The topological polar surface area (TPSA) is 0 Å². The van der Waals surface area contributed by atoms with Gasteiger partial charge in [0, 0.05) is 4.91 Å². The molecule has 30 heavy (non-hydrogen) atoms. The zero-order valence-corrected chi connectivity index (χ0v) is 24.7. The smallest absolute Gasteiger partial charge is 0.130 e. The van der Waals surface area contributed by atoms with Gasteiger partial charge in [-0.15, -0.1) is 17.3 Å². The molecular weight excluding hydrogens is 413 g/mol. The first-order valence-corrected chi connectivity index (χ1v) is 18.7. The van der Waals surface area contributed by atoms with Crippen molar-refractivity contribution in [2.24, 2.45) is 17.3 Å². The molecule has 3 heteroatoms. The molecule has 2 aliphatic rings. The maximum absolute atomic E-state index is 4.75. The molecule has 0 unspecified atom stereocenters. The van der Waals surface area contributed by atoms with E-state index in [2.05, 4.69) is 99.0 Å². The minimum Gasteiger partial charge on any atom is -0.130 e. The van der Waals surface area contributed by atoms with Gasteiger partial charge in [0.2, 0.25) is 0 Å². The van der Waals surface area contributed by atoms with Crippen LogP contribution in [0.1, 0.15) is 61.3 Å². The van der Waals surface area contributed by atoms with Crippen LogP contribution in [0.4, 0.5) is 0 Å². The Morgan fingerprint density at radius 3 is 2.00 bits per heavy atom. The van der Waals surface area contributed by atoms with Crippen molar-refractivity contribution >= 4 is 27.9 Å². The molecule has 0 spiro atoms. The first kappa shape index (κ1) is 25.8. The molecule has 0 nitrogen and oxygen atoms in total. The maximum Gasteiger partial charge on any atom is 0.137 e. The van der Waals surface area contributed by atoms with E-state index >= 15 is 0 Å². The molecule has 168 valence electrons. The Kier molecular flexibility index (Phi) is 6.76. The highest BCUT2D eigenvalue weighted by molar-refractivity contribution is 8.02. The van der Waals surface area contributed by atoms with Crippen LogP contribution in [-0.4, -0.2) is 22.4 Å². The Balaban J connectivity index is 2.75. The SMILES string of the molecule is C=C(C)[C@@H]1C[C@H]2C([Si](C)(C)C(C)(C)C)=C(SC)C(=C)[C@@]2(C#C[Si](C)(C)C(C)(C)C)C1. The van der Waals surface area contributed by atoms with E-state index in [1.807, 2.05) is 11.8 Å². The van der Waals surface area contributed by atoms with E-state index in [-0.39, 0.29) is 10.5 Å². The van der Waals surface area contributed by atoms with Crippen LogP contribution < -0.4 is 0 Å². The predicted molar refractivity (Wildman–Crippen MR) is 145 cm³/mol. The fourth-order valence-corrected chi connectivity index (χ4v) is 10.3. The lowest BCUT2D eigenvalue weighted by Gasteiger charge is -2.42. The van der Waals surface area contributed by atoms with Crippen LogP contribution in [0.5, 0.6) is 0 Å². The highest BCUT2D eigenvalue weighted by Gasteiger charge is 2.59. The van der Waals surface area contributed by atoms with Crippen LogP contribution in [0.3, 0.4) is 0 Å². The zero-order chi connectivity index (χ0) is 23.5. The summed E-state index contributed by atoms with van der Waals surface area (Å²) in [5.74, 6) is 5.07. The summed E-state index contributed by atoms with van der Waals surface area (Å²) in [4.78, 5) is 1.50. The molecule has 0 bridgehead atoms. The van der Waals surface area contributed by atoms with Gasteiger partial charge < -0.3 is 0 Å². The van der Waals surface area contributed by atoms with Crippen LogP contribution in [0, 0.1) is 28.7 Å². The lowest BCUT2D eigenvalue weighted by atomic mass is 9.77. The molecular formula is C27H46SSi2. The van der Waals surface area contributed by atoms with E-state index < -0.39 is 16.1 Å². The van der Waals surface area contributed by atoms with E-state index in [4.69, 9.17) is 6.58 Å². The maximum atomic E-state index is 4.75. The van der Waals surface area contributed by atoms with Gasteiger partial charge >= 0.3 is 0 Å². The van der Waals surface area contributed by atoms with Crippen molar-refractivity contribution in [2.75, 3.05) is 6.26 Å². The van der Waals surface area contributed by atoms with Crippen molar-refractivity contribution < 1.29 is 0 Å². The Morgan fingerprint density at radius 2 is 1.60 bits per heavy atom. The van der Waals surface area contributed by atoms with Gasteiger partial charge in [-0.05, 0) is 53.5 Å². The molecule has 0 aromatic rings. The summed E-state index contributed by atoms with van der Waals surface area (Å²) in [7, 11) is -3.39. The van der Waals surface area contributed by atoms with Crippen LogP contribution in [0.15, 0.2) is 34.4 Å². The number of hydrogen-bond acceptors (Lipinski definition) is 1. The monoisotopic (exact) mass is 458 g/mol. The van der Waals surface area contributed by atoms with E-state index in [0.29, 0.717) is 16.9 Å². The lowest BCUT2D eigenvalue weighted by Crippen LogP contribution is -2.43. The fourth-order valence-electron chi connectivity index (χ4n) is 4.72. The molecule has 0 saturated heterocycles. The van der Waals surface area contributed by atoms with E-state index in [9.17, 15) is 0 Å². The summed E-state index contributed by atoms with van der Waals surface area (Å²) in [6.07, 6.45) is 4.56. The number of allylic oxidation sites excluding steroid dienone is 3. The van der Waals surface area contributed by atoms with Crippen molar-refractivity contribution in [1.82, 2.24) is 0 Å². The number of thioether (sulfide) groups is 1. The standard InChI is InChI=1S/C27H46SSi2/c1-19(2)21-17-22-24(30(13,14)26(7,8)9)23(28-10)20(3)27(22,18-21)15-16-29(11,12)25(4,5)6/h21-22H,1,3,17-18H2,2,4-14H3/t21-,22+,27-/m1/s1. The summed E-state index contributed by atoms with van der Waals surface area (Å²) < 4.78 is 0. The average molecular weight is 459 g/mol. The molecule has 1 fully saturated rings. The van der Waals surface area contributed by atoms with Gasteiger partial charge in [-0.3, -0.25) is 0 Å². The van der Waals surface area contributed by atoms with Crippen LogP contribution >= 0.6 is 11.8 Å². The average Bonchev–Trinajstić information content (AvgIpc) is 3.04. The molecule has 0 radical (unpaired) electrons. The van der Waals surface area contributed by atoms with Gasteiger partial charge in [0.1, 0.15) is 8.07 Å². The summed E-state index contributed by atoms with van der Waals surface area (Å²) in [6.45, 7) is 35.8. The molecule has 2 rings (SSSR count). The Morgan fingerprint density at radius 1 is 1.07 bits per heavy atom. The minimum absolute atomic E-state index is 0.0810. The second kappa shape index (κ2) is 7.85. The van der Waals surface area contributed by atoms with Gasteiger partial charge in [-0.25, -0.2) is 0 Å². The summed E-state index contributed by atoms with van der Waals surface area (Å²) in [5, 5.41) is 2.34. The Hall–Kier alpha value is -0.436. The van der Waals surface area contributed by atoms with Gasteiger partial charge in [0.15, 0.2) is 0 Å².